The molecule has 0 aliphatic carbocycles. The summed E-state index contributed by atoms with van der Waals surface area (Å²) in [7, 11) is 1.53. The van der Waals surface area contributed by atoms with Crippen LogP contribution < -0.4 is 0 Å². The van der Waals surface area contributed by atoms with Gasteiger partial charge in [-0.25, -0.2) is 0 Å². The summed E-state index contributed by atoms with van der Waals surface area (Å²) in [6, 6.07) is 1.59. The summed E-state index contributed by atoms with van der Waals surface area (Å²) in [5.74, 6) is -3.19. The molecule has 2 heterocycles. The zero-order chi connectivity index (χ0) is 21.3. The molecule has 158 valence electrons. The molecule has 29 heavy (non-hydrogen) atoms. The number of ether oxygens (including phenoxy) is 1. The first-order valence-corrected chi connectivity index (χ1v) is 9.20. The Balaban J connectivity index is 2.11. The van der Waals surface area contributed by atoms with E-state index in [1.165, 1.54) is 13.3 Å². The average Bonchev–Trinajstić information content (AvgIpc) is 2.99. The van der Waals surface area contributed by atoms with Gasteiger partial charge in [0.05, 0.1) is 42.2 Å². The van der Waals surface area contributed by atoms with E-state index >= 15 is 0 Å². The van der Waals surface area contributed by atoms with Crippen molar-refractivity contribution in [3.05, 3.63) is 28.4 Å². The molecule has 1 aromatic carbocycles. The molecule has 1 aromatic heterocycles. The van der Waals surface area contributed by atoms with Gasteiger partial charge in [0.1, 0.15) is 6.54 Å². The van der Waals surface area contributed by atoms with Crippen LogP contribution in [0.25, 0.3) is 10.9 Å². The highest BCUT2D eigenvalue weighted by Crippen LogP contribution is 2.36. The number of alkyl halides is 3. The van der Waals surface area contributed by atoms with Crippen molar-refractivity contribution in [3.63, 3.8) is 0 Å². The fourth-order valence-electron chi connectivity index (χ4n) is 3.66. The standard InChI is InChI=1S/C18H19ClF3N3O4/c1-29-3-2-25-16-12(7-23-25)13-8-24(9-18(20,21)22)17(28)11(6-15(26)27)4-10(13)5-14(16)19/h5,7,11H,2-4,6,8-9H2,1H3,(H,26,27)/t11-/m0/s1. The molecule has 1 N–H and O–H groups in total. The second kappa shape index (κ2) is 8.19. The first kappa shape index (κ1) is 21.4. The van der Waals surface area contributed by atoms with E-state index in [1.807, 2.05) is 0 Å². The molecule has 0 bridgehead atoms. The van der Waals surface area contributed by atoms with Gasteiger partial charge in [0.2, 0.25) is 5.91 Å². The van der Waals surface area contributed by atoms with Crippen LogP contribution in [-0.2, 0) is 33.8 Å². The van der Waals surface area contributed by atoms with E-state index in [2.05, 4.69) is 5.10 Å². The van der Waals surface area contributed by atoms with Crippen molar-refractivity contribution in [1.29, 1.82) is 0 Å². The molecule has 1 aliphatic heterocycles. The Bertz CT molecular complexity index is 945. The molecule has 0 saturated carbocycles. The van der Waals surface area contributed by atoms with Gasteiger partial charge in [-0.2, -0.15) is 18.3 Å². The van der Waals surface area contributed by atoms with Crippen molar-refractivity contribution < 1.29 is 32.6 Å². The number of aromatic nitrogens is 2. The number of benzene rings is 1. The number of nitrogens with zero attached hydrogens (tertiary/aromatic N) is 3. The van der Waals surface area contributed by atoms with E-state index < -0.39 is 36.9 Å². The van der Waals surface area contributed by atoms with Gasteiger partial charge in [-0.3, -0.25) is 14.3 Å². The lowest BCUT2D eigenvalue weighted by molar-refractivity contribution is -0.165. The Morgan fingerprint density at radius 3 is 2.79 bits per heavy atom. The molecule has 3 rings (SSSR count). The number of carboxylic acid groups (broad SMARTS) is 1. The molecule has 0 unspecified atom stereocenters. The monoisotopic (exact) mass is 433 g/mol. The number of carbonyl (C=O) groups is 2. The van der Waals surface area contributed by atoms with Crippen molar-refractivity contribution in [2.75, 3.05) is 20.3 Å². The SMILES string of the molecule is COCCn1ncc2c3c(cc(Cl)c21)C[C@@H](CC(=O)O)C(=O)N(CC(F)(F)F)C3. The zero-order valence-corrected chi connectivity index (χ0v) is 16.3. The van der Waals surface area contributed by atoms with E-state index in [9.17, 15) is 22.8 Å². The van der Waals surface area contributed by atoms with Crippen molar-refractivity contribution in [3.8, 4) is 0 Å². The number of rotatable bonds is 6. The maximum absolute atomic E-state index is 13.1. The highest BCUT2D eigenvalue weighted by atomic mass is 35.5. The molecule has 0 radical (unpaired) electrons. The predicted octanol–water partition coefficient (Wildman–Crippen LogP) is 2.87. The molecule has 1 aliphatic rings. The van der Waals surface area contributed by atoms with Gasteiger partial charge in [-0.05, 0) is 23.6 Å². The fraction of sp³-hybridized carbons (Fsp3) is 0.500. The van der Waals surface area contributed by atoms with Gasteiger partial charge in [-0.1, -0.05) is 11.6 Å². The maximum atomic E-state index is 13.1. The lowest BCUT2D eigenvalue weighted by Gasteiger charge is -2.25. The Kier molecular flexibility index (Phi) is 6.04. The Morgan fingerprint density at radius 1 is 1.45 bits per heavy atom. The van der Waals surface area contributed by atoms with Gasteiger partial charge in [-0.15, -0.1) is 0 Å². The number of methoxy groups -OCH3 is 1. The summed E-state index contributed by atoms with van der Waals surface area (Å²) in [5, 5.41) is 14.2. The summed E-state index contributed by atoms with van der Waals surface area (Å²) in [6.07, 6.45) is -3.67. The number of hydrogen-bond acceptors (Lipinski definition) is 4. The number of carboxylic acids is 1. The number of aliphatic carboxylic acids is 1. The van der Waals surface area contributed by atoms with E-state index in [-0.39, 0.29) is 13.0 Å². The maximum Gasteiger partial charge on any atom is 0.406 e. The van der Waals surface area contributed by atoms with Crippen LogP contribution in [0.15, 0.2) is 12.3 Å². The minimum absolute atomic E-state index is 0.00622. The van der Waals surface area contributed by atoms with Gasteiger partial charge in [0.25, 0.3) is 0 Å². The predicted molar refractivity (Wildman–Crippen MR) is 97.5 cm³/mol. The highest BCUT2D eigenvalue weighted by Gasteiger charge is 2.39. The quantitative estimate of drug-likeness (QED) is 0.757. The topological polar surface area (TPSA) is 84.7 Å². The first-order chi connectivity index (χ1) is 13.6. The molecule has 0 saturated heterocycles. The van der Waals surface area contributed by atoms with Crippen LogP contribution in [0.2, 0.25) is 5.02 Å². The Labute approximate surface area is 169 Å². The Hall–Kier alpha value is -2.33. The molecule has 1 amide bonds. The number of halogens is 4. The lowest BCUT2D eigenvalue weighted by atomic mass is 9.93. The van der Waals surface area contributed by atoms with E-state index in [0.717, 1.165) is 0 Å². The third kappa shape index (κ3) is 4.64. The van der Waals surface area contributed by atoms with Crippen LogP contribution in [0.5, 0.6) is 0 Å². The van der Waals surface area contributed by atoms with Crippen molar-refractivity contribution >= 4 is 34.4 Å². The largest absolute Gasteiger partial charge is 0.481 e. The highest BCUT2D eigenvalue weighted by molar-refractivity contribution is 6.35. The molecule has 1 atom stereocenters. The minimum Gasteiger partial charge on any atom is -0.481 e. The van der Waals surface area contributed by atoms with Crippen LogP contribution in [-0.4, -0.2) is 58.1 Å². The van der Waals surface area contributed by atoms with Crippen LogP contribution >= 0.6 is 11.6 Å². The normalized spacial score (nSPS) is 17.5. The van der Waals surface area contributed by atoms with Gasteiger partial charge in [0, 0.05) is 19.0 Å². The smallest absolute Gasteiger partial charge is 0.406 e. The van der Waals surface area contributed by atoms with Crippen molar-refractivity contribution in [2.24, 2.45) is 5.92 Å². The summed E-state index contributed by atoms with van der Waals surface area (Å²) < 4.78 is 45.8. The zero-order valence-electron chi connectivity index (χ0n) is 15.5. The number of carbonyl (C=O) groups excluding carboxylic acids is 1. The van der Waals surface area contributed by atoms with Crippen LogP contribution in [0.4, 0.5) is 13.2 Å². The first-order valence-electron chi connectivity index (χ1n) is 8.82. The Morgan fingerprint density at radius 2 is 2.17 bits per heavy atom. The molecular weight excluding hydrogens is 415 g/mol. The molecule has 7 nitrogen and oxygen atoms in total. The van der Waals surface area contributed by atoms with E-state index in [4.69, 9.17) is 21.4 Å². The second-order valence-corrected chi connectivity index (χ2v) is 7.33. The second-order valence-electron chi connectivity index (χ2n) is 6.93. The number of fused-ring (bicyclic) bond motifs is 3. The third-order valence-corrected chi connectivity index (χ3v) is 5.14. The third-order valence-electron chi connectivity index (χ3n) is 4.85. The molecular formula is C18H19ClF3N3O4. The van der Waals surface area contributed by atoms with Crippen LogP contribution in [0, 0.1) is 5.92 Å². The van der Waals surface area contributed by atoms with Crippen molar-refractivity contribution in [1.82, 2.24) is 14.7 Å². The van der Waals surface area contributed by atoms with Crippen LogP contribution in [0.1, 0.15) is 17.5 Å². The average molecular weight is 434 g/mol. The van der Waals surface area contributed by atoms with Crippen molar-refractivity contribution in [2.45, 2.75) is 32.1 Å². The molecule has 2 aromatic rings. The molecule has 0 fully saturated rings. The van der Waals surface area contributed by atoms with Gasteiger partial charge >= 0.3 is 12.1 Å². The summed E-state index contributed by atoms with van der Waals surface area (Å²) in [4.78, 5) is 24.5. The van der Waals surface area contributed by atoms with E-state index in [1.54, 1.807) is 10.7 Å². The van der Waals surface area contributed by atoms with E-state index in [0.29, 0.717) is 45.1 Å². The lowest BCUT2D eigenvalue weighted by Crippen LogP contribution is -2.41. The fourth-order valence-corrected chi connectivity index (χ4v) is 3.99. The van der Waals surface area contributed by atoms with Gasteiger partial charge < -0.3 is 14.7 Å². The minimum atomic E-state index is -4.61. The van der Waals surface area contributed by atoms with Crippen LogP contribution in [0.3, 0.4) is 0 Å². The number of hydrogen-bond donors (Lipinski definition) is 1. The summed E-state index contributed by atoms with van der Waals surface area (Å²) in [5.41, 5.74) is 1.59. The van der Waals surface area contributed by atoms with Gasteiger partial charge in [0.15, 0.2) is 0 Å². The molecule has 0 spiro atoms. The molecule has 11 heteroatoms. The summed E-state index contributed by atoms with van der Waals surface area (Å²) in [6.45, 7) is -0.994. The number of amides is 1. The summed E-state index contributed by atoms with van der Waals surface area (Å²) >= 11 is 6.41.